The molecule has 0 spiro atoms. The van der Waals surface area contributed by atoms with Gasteiger partial charge in [-0.1, -0.05) is 27.2 Å². The van der Waals surface area contributed by atoms with Crippen molar-refractivity contribution in [2.75, 3.05) is 24.5 Å². The number of anilines is 1. The molecule has 1 aromatic rings. The van der Waals surface area contributed by atoms with Gasteiger partial charge in [0.2, 0.25) is 0 Å². The van der Waals surface area contributed by atoms with Crippen LogP contribution in [0, 0.1) is 5.41 Å². The quantitative estimate of drug-likeness (QED) is 0.885. The summed E-state index contributed by atoms with van der Waals surface area (Å²) in [6.07, 6.45) is 3.78. The first-order chi connectivity index (χ1) is 9.17. The molecule has 2 heterocycles. The minimum absolute atomic E-state index is 0.523. The molecule has 1 aliphatic rings. The van der Waals surface area contributed by atoms with Crippen LogP contribution in [0.5, 0.6) is 0 Å². The van der Waals surface area contributed by atoms with Gasteiger partial charge in [-0.3, -0.25) is 0 Å². The van der Waals surface area contributed by atoms with E-state index in [2.05, 4.69) is 53.3 Å². The van der Waals surface area contributed by atoms with Crippen LogP contribution in [0.4, 0.5) is 5.82 Å². The number of aromatic nitrogens is 2. The van der Waals surface area contributed by atoms with Crippen LogP contribution in [-0.2, 0) is 6.54 Å². The van der Waals surface area contributed by atoms with E-state index in [1.54, 1.807) is 0 Å². The highest BCUT2D eigenvalue weighted by molar-refractivity contribution is 5.38. The molecule has 1 saturated heterocycles. The average Bonchev–Trinajstić information content (AvgIpc) is 2.47. The summed E-state index contributed by atoms with van der Waals surface area (Å²) in [4.78, 5) is 2.36. The maximum atomic E-state index is 4.36. The highest BCUT2D eigenvalue weighted by Crippen LogP contribution is 2.34. The second kappa shape index (κ2) is 6.33. The standard InChI is InChI=1S/C15H26N4/c1-4-15(3)8-10-19(11-9-15)14-7-6-13(17-18-14)12-16-5-2/h6-7,16H,4-5,8-12H2,1-3H3. The number of rotatable bonds is 5. The van der Waals surface area contributed by atoms with Crippen molar-refractivity contribution in [2.45, 2.75) is 46.6 Å². The van der Waals surface area contributed by atoms with Gasteiger partial charge in [0.1, 0.15) is 0 Å². The molecule has 0 aromatic carbocycles. The maximum Gasteiger partial charge on any atom is 0.151 e. The van der Waals surface area contributed by atoms with Gasteiger partial charge in [0.25, 0.3) is 0 Å². The van der Waals surface area contributed by atoms with Gasteiger partial charge in [-0.05, 0) is 36.9 Å². The van der Waals surface area contributed by atoms with Gasteiger partial charge in [0.15, 0.2) is 5.82 Å². The third-order valence-electron chi connectivity index (χ3n) is 4.41. The highest BCUT2D eigenvalue weighted by atomic mass is 15.3. The Labute approximate surface area is 116 Å². The first-order valence-corrected chi connectivity index (χ1v) is 7.45. The second-order valence-corrected chi connectivity index (χ2v) is 5.81. The lowest BCUT2D eigenvalue weighted by Crippen LogP contribution is -2.39. The molecule has 19 heavy (non-hydrogen) atoms. The zero-order valence-corrected chi connectivity index (χ0v) is 12.4. The van der Waals surface area contributed by atoms with E-state index in [-0.39, 0.29) is 0 Å². The molecule has 0 aliphatic carbocycles. The van der Waals surface area contributed by atoms with Gasteiger partial charge in [-0.25, -0.2) is 0 Å². The topological polar surface area (TPSA) is 41.0 Å². The summed E-state index contributed by atoms with van der Waals surface area (Å²) in [7, 11) is 0. The highest BCUT2D eigenvalue weighted by Gasteiger charge is 2.28. The molecular formula is C15H26N4. The van der Waals surface area contributed by atoms with Crippen molar-refractivity contribution in [1.82, 2.24) is 15.5 Å². The lowest BCUT2D eigenvalue weighted by molar-refractivity contribution is 0.237. The van der Waals surface area contributed by atoms with Crippen LogP contribution in [0.1, 0.15) is 45.7 Å². The summed E-state index contributed by atoms with van der Waals surface area (Å²) in [6, 6.07) is 4.19. The molecule has 0 bridgehead atoms. The van der Waals surface area contributed by atoms with E-state index in [9.17, 15) is 0 Å². The predicted molar refractivity (Wildman–Crippen MR) is 79.3 cm³/mol. The minimum atomic E-state index is 0.523. The Morgan fingerprint density at radius 2 is 1.95 bits per heavy atom. The summed E-state index contributed by atoms with van der Waals surface area (Å²) in [5.41, 5.74) is 1.54. The smallest absolute Gasteiger partial charge is 0.151 e. The molecule has 4 heteroatoms. The molecule has 1 N–H and O–H groups in total. The lowest BCUT2D eigenvalue weighted by atomic mass is 9.78. The molecule has 0 radical (unpaired) electrons. The second-order valence-electron chi connectivity index (χ2n) is 5.81. The van der Waals surface area contributed by atoms with E-state index in [0.717, 1.165) is 37.7 Å². The van der Waals surface area contributed by atoms with Gasteiger partial charge < -0.3 is 10.2 Å². The Bertz CT molecular complexity index is 380. The molecule has 1 fully saturated rings. The minimum Gasteiger partial charge on any atom is -0.355 e. The summed E-state index contributed by atoms with van der Waals surface area (Å²) in [6.45, 7) is 10.8. The molecule has 2 rings (SSSR count). The van der Waals surface area contributed by atoms with Gasteiger partial charge in [-0.2, -0.15) is 5.10 Å². The van der Waals surface area contributed by atoms with Crippen LogP contribution >= 0.6 is 0 Å². The van der Waals surface area contributed by atoms with Crippen LogP contribution in [0.15, 0.2) is 12.1 Å². The zero-order valence-electron chi connectivity index (χ0n) is 12.4. The first kappa shape index (κ1) is 14.3. The van der Waals surface area contributed by atoms with Gasteiger partial charge in [0.05, 0.1) is 5.69 Å². The number of hydrogen-bond acceptors (Lipinski definition) is 4. The van der Waals surface area contributed by atoms with Gasteiger partial charge in [0, 0.05) is 19.6 Å². The lowest BCUT2D eigenvalue weighted by Gasteiger charge is -2.39. The Hall–Kier alpha value is -1.16. The predicted octanol–water partition coefficient (Wildman–Crippen LogP) is 2.60. The third-order valence-corrected chi connectivity index (χ3v) is 4.41. The zero-order chi connectivity index (χ0) is 13.7. The van der Waals surface area contributed by atoms with E-state index in [1.165, 1.54) is 19.3 Å². The monoisotopic (exact) mass is 262 g/mol. The summed E-state index contributed by atoms with van der Waals surface area (Å²) in [5.74, 6) is 1.03. The van der Waals surface area contributed by atoms with E-state index < -0.39 is 0 Å². The fraction of sp³-hybridized carbons (Fsp3) is 0.733. The van der Waals surface area contributed by atoms with Crippen molar-refractivity contribution in [3.8, 4) is 0 Å². The van der Waals surface area contributed by atoms with Crippen molar-refractivity contribution in [2.24, 2.45) is 5.41 Å². The molecule has 1 aliphatic heterocycles. The van der Waals surface area contributed by atoms with Crippen molar-refractivity contribution >= 4 is 5.82 Å². The average molecular weight is 262 g/mol. The van der Waals surface area contributed by atoms with Gasteiger partial charge in [-0.15, -0.1) is 5.10 Å². The number of nitrogens with one attached hydrogen (secondary N) is 1. The fourth-order valence-electron chi connectivity index (χ4n) is 2.50. The first-order valence-electron chi connectivity index (χ1n) is 7.45. The van der Waals surface area contributed by atoms with Crippen LogP contribution in [0.3, 0.4) is 0 Å². The number of nitrogens with zero attached hydrogens (tertiary/aromatic N) is 3. The van der Waals surface area contributed by atoms with E-state index in [1.807, 2.05) is 0 Å². The van der Waals surface area contributed by atoms with Crippen molar-refractivity contribution in [3.05, 3.63) is 17.8 Å². The number of hydrogen-bond donors (Lipinski definition) is 1. The third kappa shape index (κ3) is 3.66. The van der Waals surface area contributed by atoms with Crippen molar-refractivity contribution < 1.29 is 0 Å². The van der Waals surface area contributed by atoms with E-state index in [0.29, 0.717) is 5.41 Å². The number of piperidine rings is 1. The largest absolute Gasteiger partial charge is 0.355 e. The Kier molecular flexibility index (Phi) is 4.75. The van der Waals surface area contributed by atoms with Crippen molar-refractivity contribution in [1.29, 1.82) is 0 Å². The van der Waals surface area contributed by atoms with E-state index >= 15 is 0 Å². The summed E-state index contributed by atoms with van der Waals surface area (Å²) >= 11 is 0. The summed E-state index contributed by atoms with van der Waals surface area (Å²) < 4.78 is 0. The van der Waals surface area contributed by atoms with Crippen molar-refractivity contribution in [3.63, 3.8) is 0 Å². The molecular weight excluding hydrogens is 236 g/mol. The molecule has 0 amide bonds. The van der Waals surface area contributed by atoms with E-state index in [4.69, 9.17) is 0 Å². The van der Waals surface area contributed by atoms with Gasteiger partial charge >= 0.3 is 0 Å². The molecule has 0 atom stereocenters. The Morgan fingerprint density at radius 3 is 2.47 bits per heavy atom. The fourth-order valence-corrected chi connectivity index (χ4v) is 2.50. The SMILES string of the molecule is CCNCc1ccc(N2CCC(C)(CC)CC2)nn1. The van der Waals surface area contributed by atoms with Crippen LogP contribution in [0.25, 0.3) is 0 Å². The maximum absolute atomic E-state index is 4.36. The Morgan fingerprint density at radius 1 is 1.21 bits per heavy atom. The molecule has 4 nitrogen and oxygen atoms in total. The van der Waals surface area contributed by atoms with Crippen LogP contribution in [-0.4, -0.2) is 29.8 Å². The molecule has 106 valence electrons. The molecule has 0 unspecified atom stereocenters. The Balaban J connectivity index is 1.92. The normalized spacial score (nSPS) is 18.6. The van der Waals surface area contributed by atoms with Crippen LogP contribution < -0.4 is 10.2 Å². The molecule has 1 aromatic heterocycles. The molecule has 0 saturated carbocycles. The summed E-state index contributed by atoms with van der Waals surface area (Å²) in [5, 5.41) is 11.9. The van der Waals surface area contributed by atoms with Crippen LogP contribution in [0.2, 0.25) is 0 Å².